The lowest BCUT2D eigenvalue weighted by atomic mass is 10.4. The zero-order valence-electron chi connectivity index (χ0n) is 4.50. The first kappa shape index (κ1) is 5.68. The quantitative estimate of drug-likeness (QED) is 0.511. The number of aromatic hydroxyl groups is 1. The SMILES string of the molecule is Nc1c(O)ccoc1=O. The third kappa shape index (κ3) is 0.861. The Morgan fingerprint density at radius 1 is 1.67 bits per heavy atom. The molecule has 4 heteroatoms. The number of nitrogen functional groups attached to an aromatic ring is 1. The van der Waals surface area contributed by atoms with Crippen LogP contribution in [0.5, 0.6) is 5.75 Å². The first-order chi connectivity index (χ1) is 4.22. The Morgan fingerprint density at radius 2 is 2.33 bits per heavy atom. The third-order valence-electron chi connectivity index (χ3n) is 0.897. The van der Waals surface area contributed by atoms with E-state index in [4.69, 9.17) is 10.8 Å². The van der Waals surface area contributed by atoms with Crippen LogP contribution in [0.2, 0.25) is 0 Å². The summed E-state index contributed by atoms with van der Waals surface area (Å²) >= 11 is 0. The number of hydrogen-bond donors (Lipinski definition) is 2. The first-order valence-electron chi connectivity index (χ1n) is 2.28. The molecule has 3 N–H and O–H groups in total. The Balaban J connectivity index is 3.43. The first-order valence-corrected chi connectivity index (χ1v) is 2.28. The van der Waals surface area contributed by atoms with Crippen LogP contribution in [0.1, 0.15) is 0 Å². The van der Waals surface area contributed by atoms with Crippen molar-refractivity contribution in [3.05, 3.63) is 22.7 Å². The van der Waals surface area contributed by atoms with Crippen molar-refractivity contribution < 1.29 is 9.52 Å². The predicted molar refractivity (Wildman–Crippen MR) is 31.1 cm³/mol. The van der Waals surface area contributed by atoms with Crippen LogP contribution in [0.4, 0.5) is 5.69 Å². The van der Waals surface area contributed by atoms with Gasteiger partial charge in [0.15, 0.2) is 5.69 Å². The highest BCUT2D eigenvalue weighted by Gasteiger charge is 1.99. The summed E-state index contributed by atoms with van der Waals surface area (Å²) in [6.07, 6.45) is 1.08. The van der Waals surface area contributed by atoms with Crippen LogP contribution in [0.3, 0.4) is 0 Å². The molecule has 0 unspecified atom stereocenters. The highest BCUT2D eigenvalue weighted by atomic mass is 16.4. The van der Waals surface area contributed by atoms with Crippen LogP contribution in [0.25, 0.3) is 0 Å². The summed E-state index contributed by atoms with van der Waals surface area (Å²) in [5, 5.41) is 8.72. The van der Waals surface area contributed by atoms with E-state index in [-0.39, 0.29) is 11.4 Å². The summed E-state index contributed by atoms with van der Waals surface area (Å²) in [5.41, 5.74) is 4.06. The van der Waals surface area contributed by atoms with E-state index in [2.05, 4.69) is 4.42 Å². The fraction of sp³-hybridized carbons (Fsp3) is 0. The molecule has 1 heterocycles. The van der Waals surface area contributed by atoms with E-state index < -0.39 is 5.63 Å². The van der Waals surface area contributed by atoms with E-state index in [1.54, 1.807) is 0 Å². The largest absolute Gasteiger partial charge is 0.505 e. The van der Waals surface area contributed by atoms with Gasteiger partial charge in [0.25, 0.3) is 0 Å². The fourth-order valence-electron chi connectivity index (χ4n) is 0.418. The van der Waals surface area contributed by atoms with Crippen molar-refractivity contribution in [2.45, 2.75) is 0 Å². The lowest BCUT2D eigenvalue weighted by molar-refractivity contribution is 0.452. The zero-order valence-corrected chi connectivity index (χ0v) is 4.50. The molecule has 4 nitrogen and oxygen atoms in total. The van der Waals surface area contributed by atoms with Crippen LogP contribution < -0.4 is 11.4 Å². The molecule has 1 aromatic rings. The highest BCUT2D eigenvalue weighted by molar-refractivity contribution is 5.47. The monoisotopic (exact) mass is 127 g/mol. The minimum Gasteiger partial charge on any atom is -0.505 e. The van der Waals surface area contributed by atoms with Crippen molar-refractivity contribution in [3.8, 4) is 5.75 Å². The number of nitrogens with two attached hydrogens (primary N) is 1. The van der Waals surface area contributed by atoms with E-state index in [1.807, 2.05) is 0 Å². The summed E-state index contributed by atoms with van der Waals surface area (Å²) < 4.78 is 4.30. The van der Waals surface area contributed by atoms with Gasteiger partial charge in [-0.25, -0.2) is 4.79 Å². The summed E-state index contributed by atoms with van der Waals surface area (Å²) in [4.78, 5) is 10.4. The molecule has 9 heavy (non-hydrogen) atoms. The van der Waals surface area contributed by atoms with Gasteiger partial charge in [-0.3, -0.25) is 0 Å². The molecule has 48 valence electrons. The van der Waals surface area contributed by atoms with Gasteiger partial charge in [-0.15, -0.1) is 0 Å². The maximum atomic E-state index is 10.4. The lowest BCUT2D eigenvalue weighted by Gasteiger charge is -1.90. The van der Waals surface area contributed by atoms with E-state index in [1.165, 1.54) is 6.07 Å². The average Bonchev–Trinajstić information content (AvgIpc) is 1.83. The molecular formula is C5H5NO3. The van der Waals surface area contributed by atoms with Gasteiger partial charge in [0.1, 0.15) is 5.75 Å². The molecule has 0 radical (unpaired) electrons. The van der Waals surface area contributed by atoms with Crippen molar-refractivity contribution in [2.75, 3.05) is 5.73 Å². The fourth-order valence-corrected chi connectivity index (χ4v) is 0.418. The molecule has 0 aliphatic heterocycles. The smallest absolute Gasteiger partial charge is 0.362 e. The molecule has 1 aromatic heterocycles. The summed E-state index contributed by atoms with van der Waals surface area (Å²) in [5.74, 6) is -0.244. The lowest BCUT2D eigenvalue weighted by Crippen LogP contribution is -2.04. The molecule has 0 atom stereocenters. The van der Waals surface area contributed by atoms with Gasteiger partial charge in [0.05, 0.1) is 6.26 Å². The Hall–Kier alpha value is -1.45. The Morgan fingerprint density at radius 3 is 2.78 bits per heavy atom. The zero-order chi connectivity index (χ0) is 6.85. The van der Waals surface area contributed by atoms with Crippen LogP contribution in [0, 0.1) is 0 Å². The van der Waals surface area contributed by atoms with Crippen molar-refractivity contribution in [2.24, 2.45) is 0 Å². The summed E-state index contributed by atoms with van der Waals surface area (Å²) in [6, 6.07) is 1.21. The van der Waals surface area contributed by atoms with Gasteiger partial charge in [0.2, 0.25) is 0 Å². The van der Waals surface area contributed by atoms with Crippen molar-refractivity contribution in [1.82, 2.24) is 0 Å². The van der Waals surface area contributed by atoms with Crippen molar-refractivity contribution in [1.29, 1.82) is 0 Å². The van der Waals surface area contributed by atoms with Gasteiger partial charge in [0, 0.05) is 6.07 Å². The summed E-state index contributed by atoms with van der Waals surface area (Å²) in [7, 11) is 0. The maximum absolute atomic E-state index is 10.4. The van der Waals surface area contributed by atoms with Gasteiger partial charge < -0.3 is 15.3 Å². The second kappa shape index (κ2) is 1.81. The molecule has 0 saturated heterocycles. The van der Waals surface area contributed by atoms with Gasteiger partial charge in [-0.05, 0) is 0 Å². The topological polar surface area (TPSA) is 76.5 Å². The molecular weight excluding hydrogens is 122 g/mol. The van der Waals surface area contributed by atoms with Crippen LogP contribution in [0.15, 0.2) is 21.5 Å². The van der Waals surface area contributed by atoms with Crippen molar-refractivity contribution >= 4 is 5.69 Å². The molecule has 0 fully saturated rings. The Labute approximate surface area is 50.5 Å². The van der Waals surface area contributed by atoms with E-state index in [0.717, 1.165) is 6.26 Å². The number of rotatable bonds is 0. The molecule has 0 saturated carbocycles. The highest BCUT2D eigenvalue weighted by Crippen LogP contribution is 2.11. The van der Waals surface area contributed by atoms with E-state index in [9.17, 15) is 4.79 Å². The third-order valence-corrected chi connectivity index (χ3v) is 0.897. The number of anilines is 1. The molecule has 0 spiro atoms. The number of hydrogen-bond acceptors (Lipinski definition) is 4. The van der Waals surface area contributed by atoms with Crippen LogP contribution in [-0.4, -0.2) is 5.11 Å². The van der Waals surface area contributed by atoms with Gasteiger partial charge in [-0.1, -0.05) is 0 Å². The molecule has 0 amide bonds. The van der Waals surface area contributed by atoms with Crippen LogP contribution >= 0.6 is 0 Å². The molecule has 0 aliphatic rings. The van der Waals surface area contributed by atoms with Crippen LogP contribution in [-0.2, 0) is 0 Å². The average molecular weight is 127 g/mol. The maximum Gasteiger partial charge on any atom is 0.362 e. The van der Waals surface area contributed by atoms with Crippen molar-refractivity contribution in [3.63, 3.8) is 0 Å². The summed E-state index contributed by atoms with van der Waals surface area (Å²) in [6.45, 7) is 0. The minimum absolute atomic E-state index is 0.244. The molecule has 0 aliphatic carbocycles. The standard InChI is InChI=1S/C5H5NO3/c6-4-3(7)1-2-9-5(4)8/h1-2,7H,6H2. The van der Waals surface area contributed by atoms with E-state index in [0.29, 0.717) is 0 Å². The minimum atomic E-state index is -0.713. The molecule has 0 bridgehead atoms. The Kier molecular flexibility index (Phi) is 1.14. The van der Waals surface area contributed by atoms with E-state index >= 15 is 0 Å². The second-order valence-electron chi connectivity index (χ2n) is 1.51. The molecule has 1 rings (SSSR count). The predicted octanol–water partition coefficient (Wildman–Crippen LogP) is -0.0724. The normalized spacial score (nSPS) is 9.33. The molecule has 0 aromatic carbocycles. The second-order valence-corrected chi connectivity index (χ2v) is 1.51. The van der Waals surface area contributed by atoms with Gasteiger partial charge in [-0.2, -0.15) is 0 Å². The van der Waals surface area contributed by atoms with Gasteiger partial charge >= 0.3 is 5.63 Å². The Bertz CT molecular complexity index is 265.